The van der Waals surface area contributed by atoms with Gasteiger partial charge >= 0.3 is 11.9 Å². The van der Waals surface area contributed by atoms with Crippen molar-refractivity contribution in [3.05, 3.63) is 30.1 Å². The van der Waals surface area contributed by atoms with Gasteiger partial charge < -0.3 is 15.1 Å². The van der Waals surface area contributed by atoms with Gasteiger partial charge in [0.15, 0.2) is 0 Å². The van der Waals surface area contributed by atoms with Gasteiger partial charge in [-0.05, 0) is 12.1 Å². The molecule has 0 saturated carbocycles. The normalized spacial score (nSPS) is 19.9. The van der Waals surface area contributed by atoms with Crippen LogP contribution in [-0.2, 0) is 20.8 Å². The molecule has 0 aromatic carbocycles. The predicted molar refractivity (Wildman–Crippen MR) is 66.8 cm³/mol. The molecule has 7 heteroatoms. The summed E-state index contributed by atoms with van der Waals surface area (Å²) in [5, 5.41) is 18.2. The van der Waals surface area contributed by atoms with Gasteiger partial charge in [0.1, 0.15) is 6.04 Å². The molecule has 2 N–H and O–H groups in total. The van der Waals surface area contributed by atoms with Crippen LogP contribution < -0.4 is 0 Å². The number of aliphatic carboxylic acids is 2. The summed E-state index contributed by atoms with van der Waals surface area (Å²) in [6.07, 6.45) is 1.45. The van der Waals surface area contributed by atoms with Crippen molar-refractivity contribution >= 4 is 17.8 Å². The molecule has 2 heterocycles. The number of carboxylic acids is 2. The highest BCUT2D eigenvalue weighted by Gasteiger charge is 2.40. The van der Waals surface area contributed by atoms with E-state index in [1.807, 2.05) is 0 Å². The van der Waals surface area contributed by atoms with Crippen LogP contribution in [0.1, 0.15) is 12.1 Å². The zero-order valence-electron chi connectivity index (χ0n) is 10.6. The Bertz CT molecular complexity index is 531. The first-order valence-electron chi connectivity index (χ1n) is 6.14. The maximum atomic E-state index is 11.8. The number of hydrogen-bond acceptors (Lipinski definition) is 4. The SMILES string of the molecule is O=C(O)C1CC(=O)N([C@@H](Cc2ccccn2)C(=O)O)C1. The van der Waals surface area contributed by atoms with E-state index in [0.717, 1.165) is 4.90 Å². The van der Waals surface area contributed by atoms with Crippen LogP contribution in [0.25, 0.3) is 0 Å². The molecule has 1 amide bonds. The Hall–Kier alpha value is -2.44. The Labute approximate surface area is 114 Å². The highest BCUT2D eigenvalue weighted by atomic mass is 16.4. The molecule has 1 saturated heterocycles. The number of amides is 1. The average molecular weight is 278 g/mol. The quantitative estimate of drug-likeness (QED) is 0.785. The highest BCUT2D eigenvalue weighted by Crippen LogP contribution is 2.22. The van der Waals surface area contributed by atoms with Crippen LogP contribution in [0, 0.1) is 5.92 Å². The summed E-state index contributed by atoms with van der Waals surface area (Å²) < 4.78 is 0. The van der Waals surface area contributed by atoms with Gasteiger partial charge in [0, 0.05) is 31.3 Å². The number of likely N-dealkylation sites (tertiary alicyclic amines) is 1. The molecule has 106 valence electrons. The molecule has 1 fully saturated rings. The Kier molecular flexibility index (Phi) is 3.97. The van der Waals surface area contributed by atoms with Crippen molar-refractivity contribution in [2.24, 2.45) is 5.92 Å². The van der Waals surface area contributed by atoms with Gasteiger partial charge in [0.05, 0.1) is 5.92 Å². The number of aromatic nitrogens is 1. The fraction of sp³-hybridized carbons (Fsp3) is 0.385. The van der Waals surface area contributed by atoms with Crippen molar-refractivity contribution in [1.82, 2.24) is 9.88 Å². The summed E-state index contributed by atoms with van der Waals surface area (Å²) in [6.45, 7) is -0.0715. The first kappa shape index (κ1) is 14.0. The third-order valence-electron chi connectivity index (χ3n) is 3.30. The summed E-state index contributed by atoms with van der Waals surface area (Å²) in [6, 6.07) is 4.03. The minimum absolute atomic E-state index is 0.0637. The maximum absolute atomic E-state index is 11.8. The zero-order chi connectivity index (χ0) is 14.7. The lowest BCUT2D eigenvalue weighted by atomic mass is 10.1. The summed E-state index contributed by atoms with van der Waals surface area (Å²) in [5.41, 5.74) is 0.548. The van der Waals surface area contributed by atoms with Crippen LogP contribution in [0.15, 0.2) is 24.4 Å². The van der Waals surface area contributed by atoms with E-state index in [1.54, 1.807) is 24.4 Å². The zero-order valence-corrected chi connectivity index (χ0v) is 10.6. The lowest BCUT2D eigenvalue weighted by molar-refractivity contribution is -0.148. The van der Waals surface area contributed by atoms with Crippen molar-refractivity contribution in [2.75, 3.05) is 6.54 Å². The third kappa shape index (κ3) is 2.93. The summed E-state index contributed by atoms with van der Waals surface area (Å²) in [5.74, 6) is -3.52. The van der Waals surface area contributed by atoms with Crippen molar-refractivity contribution in [3.63, 3.8) is 0 Å². The molecule has 0 aliphatic carbocycles. The summed E-state index contributed by atoms with van der Waals surface area (Å²) >= 11 is 0. The Balaban J connectivity index is 2.15. The van der Waals surface area contributed by atoms with Gasteiger partial charge in [-0.25, -0.2) is 4.79 Å². The Morgan fingerprint density at radius 3 is 2.65 bits per heavy atom. The second-order valence-electron chi connectivity index (χ2n) is 4.66. The third-order valence-corrected chi connectivity index (χ3v) is 3.30. The molecular formula is C13H14N2O5. The van der Waals surface area contributed by atoms with Gasteiger partial charge in [-0.1, -0.05) is 6.07 Å². The maximum Gasteiger partial charge on any atom is 0.326 e. The average Bonchev–Trinajstić information content (AvgIpc) is 2.79. The van der Waals surface area contributed by atoms with Crippen molar-refractivity contribution in [1.29, 1.82) is 0 Å². The van der Waals surface area contributed by atoms with E-state index >= 15 is 0 Å². The molecule has 2 rings (SSSR count). The van der Waals surface area contributed by atoms with Crippen LogP contribution in [-0.4, -0.2) is 50.5 Å². The molecule has 0 spiro atoms. The molecule has 1 unspecified atom stereocenters. The molecule has 1 aromatic heterocycles. The van der Waals surface area contributed by atoms with Crippen LogP contribution in [0.3, 0.4) is 0 Å². The molecule has 1 aliphatic rings. The summed E-state index contributed by atoms with van der Waals surface area (Å²) in [7, 11) is 0. The monoisotopic (exact) mass is 278 g/mol. The fourth-order valence-corrected chi connectivity index (χ4v) is 2.25. The second-order valence-corrected chi connectivity index (χ2v) is 4.66. The number of carbonyl (C=O) groups is 3. The number of hydrogen-bond donors (Lipinski definition) is 2. The number of carboxylic acid groups (broad SMARTS) is 2. The van der Waals surface area contributed by atoms with Crippen LogP contribution in [0.4, 0.5) is 0 Å². The van der Waals surface area contributed by atoms with E-state index in [-0.39, 0.29) is 19.4 Å². The van der Waals surface area contributed by atoms with Crippen LogP contribution in [0.5, 0.6) is 0 Å². The lowest BCUT2D eigenvalue weighted by Crippen LogP contribution is -2.44. The molecular weight excluding hydrogens is 264 g/mol. The number of rotatable bonds is 5. The minimum atomic E-state index is -1.16. The van der Waals surface area contributed by atoms with E-state index in [2.05, 4.69) is 4.98 Å². The Morgan fingerprint density at radius 1 is 1.40 bits per heavy atom. The molecule has 2 atom stereocenters. The molecule has 0 bridgehead atoms. The number of carbonyl (C=O) groups excluding carboxylic acids is 1. The predicted octanol–water partition coefficient (Wildman–Crippen LogP) is 0.0104. The first-order valence-corrected chi connectivity index (χ1v) is 6.14. The van der Waals surface area contributed by atoms with E-state index in [9.17, 15) is 19.5 Å². The van der Waals surface area contributed by atoms with Crippen molar-refractivity contribution in [3.8, 4) is 0 Å². The molecule has 0 radical (unpaired) electrons. The van der Waals surface area contributed by atoms with Gasteiger partial charge in [-0.2, -0.15) is 0 Å². The standard InChI is InChI=1S/C13H14N2O5/c16-11-5-8(12(17)18)7-15(11)10(13(19)20)6-9-3-1-2-4-14-9/h1-4,8,10H,5-7H2,(H,17,18)(H,19,20)/t8?,10-/m0/s1. The van der Waals surface area contributed by atoms with Gasteiger partial charge in [0.2, 0.25) is 5.91 Å². The Morgan fingerprint density at radius 2 is 2.15 bits per heavy atom. The van der Waals surface area contributed by atoms with E-state index < -0.39 is 29.8 Å². The largest absolute Gasteiger partial charge is 0.481 e. The van der Waals surface area contributed by atoms with Gasteiger partial charge in [-0.15, -0.1) is 0 Å². The fourth-order valence-electron chi connectivity index (χ4n) is 2.25. The van der Waals surface area contributed by atoms with Crippen LogP contribution >= 0.6 is 0 Å². The molecule has 7 nitrogen and oxygen atoms in total. The molecule has 20 heavy (non-hydrogen) atoms. The van der Waals surface area contributed by atoms with E-state index in [4.69, 9.17) is 5.11 Å². The van der Waals surface area contributed by atoms with Crippen LogP contribution in [0.2, 0.25) is 0 Å². The van der Waals surface area contributed by atoms with E-state index in [1.165, 1.54) is 0 Å². The lowest BCUT2D eigenvalue weighted by Gasteiger charge is -2.24. The number of pyridine rings is 1. The first-order chi connectivity index (χ1) is 9.49. The second kappa shape index (κ2) is 5.68. The van der Waals surface area contributed by atoms with Crippen molar-refractivity contribution in [2.45, 2.75) is 18.9 Å². The number of nitrogens with zero attached hydrogens (tertiary/aromatic N) is 2. The van der Waals surface area contributed by atoms with Gasteiger partial charge in [-0.3, -0.25) is 14.6 Å². The van der Waals surface area contributed by atoms with Gasteiger partial charge in [0.25, 0.3) is 0 Å². The van der Waals surface area contributed by atoms with E-state index in [0.29, 0.717) is 5.69 Å². The minimum Gasteiger partial charge on any atom is -0.481 e. The molecule has 1 aliphatic heterocycles. The van der Waals surface area contributed by atoms with Crippen molar-refractivity contribution < 1.29 is 24.6 Å². The smallest absolute Gasteiger partial charge is 0.326 e. The topological polar surface area (TPSA) is 108 Å². The highest BCUT2D eigenvalue weighted by molar-refractivity contribution is 5.89. The molecule has 1 aromatic rings. The summed E-state index contributed by atoms with van der Waals surface area (Å²) in [4.78, 5) is 39.2.